The van der Waals surface area contributed by atoms with Crippen LogP contribution in [0.5, 0.6) is 0 Å². The Balaban J connectivity index is 2.11. The molecule has 0 radical (unpaired) electrons. The number of halogens is 1. The smallest absolute Gasteiger partial charge is 0.0256 e. The van der Waals surface area contributed by atoms with Gasteiger partial charge in [0.1, 0.15) is 0 Å². The zero-order chi connectivity index (χ0) is 12.5. The first-order chi connectivity index (χ1) is 8.02. The Morgan fingerprint density at radius 2 is 2.06 bits per heavy atom. The van der Waals surface area contributed by atoms with Gasteiger partial charge in [-0.1, -0.05) is 39.0 Å². The van der Waals surface area contributed by atoms with E-state index in [1.54, 1.807) is 0 Å². The highest BCUT2D eigenvalue weighted by Crippen LogP contribution is 2.45. The van der Waals surface area contributed by atoms with Crippen molar-refractivity contribution < 1.29 is 0 Å². The molecule has 1 aliphatic heterocycles. The van der Waals surface area contributed by atoms with E-state index < -0.39 is 0 Å². The van der Waals surface area contributed by atoms with Crippen molar-refractivity contribution in [3.8, 4) is 0 Å². The number of hydrogen-bond donors (Lipinski definition) is 0. The highest BCUT2D eigenvalue weighted by Gasteiger charge is 2.30. The molecular formula is C15H21ClS. The second-order valence-corrected chi connectivity index (χ2v) is 7.37. The van der Waals surface area contributed by atoms with E-state index in [1.807, 2.05) is 11.8 Å². The van der Waals surface area contributed by atoms with Gasteiger partial charge < -0.3 is 0 Å². The van der Waals surface area contributed by atoms with Crippen molar-refractivity contribution in [1.29, 1.82) is 0 Å². The third-order valence-corrected chi connectivity index (χ3v) is 5.40. The molecule has 0 amide bonds. The van der Waals surface area contributed by atoms with Crippen molar-refractivity contribution in [2.75, 3.05) is 11.6 Å². The number of benzene rings is 1. The molecule has 0 nitrogen and oxygen atoms in total. The van der Waals surface area contributed by atoms with Gasteiger partial charge in [0.05, 0.1) is 0 Å². The van der Waals surface area contributed by atoms with E-state index in [1.165, 1.54) is 22.6 Å². The Morgan fingerprint density at radius 1 is 1.35 bits per heavy atom. The van der Waals surface area contributed by atoms with Crippen LogP contribution in [-0.2, 0) is 0 Å². The van der Waals surface area contributed by atoms with Gasteiger partial charge in [-0.15, -0.1) is 23.4 Å². The Labute approximate surface area is 114 Å². The summed E-state index contributed by atoms with van der Waals surface area (Å²) in [5.41, 5.74) is 1.85. The van der Waals surface area contributed by atoms with Crippen LogP contribution in [0.15, 0.2) is 29.2 Å². The molecule has 1 aliphatic rings. The van der Waals surface area contributed by atoms with E-state index in [-0.39, 0.29) is 0 Å². The largest absolute Gasteiger partial charge is 0.126 e. The fraction of sp³-hybridized carbons (Fsp3) is 0.600. The van der Waals surface area contributed by atoms with E-state index in [0.717, 1.165) is 5.88 Å². The van der Waals surface area contributed by atoms with E-state index >= 15 is 0 Å². The summed E-state index contributed by atoms with van der Waals surface area (Å²) in [5.74, 6) is 3.29. The van der Waals surface area contributed by atoms with Crippen LogP contribution >= 0.6 is 23.4 Å². The fourth-order valence-electron chi connectivity index (χ4n) is 2.42. The van der Waals surface area contributed by atoms with Gasteiger partial charge >= 0.3 is 0 Å². The summed E-state index contributed by atoms with van der Waals surface area (Å²) in [7, 11) is 0. The number of rotatable bonds is 3. The predicted octanol–water partition coefficient (Wildman–Crippen LogP) is 5.17. The molecule has 0 saturated carbocycles. The maximum absolute atomic E-state index is 6.15. The Kier molecular flexibility index (Phi) is 4.10. The second kappa shape index (κ2) is 5.24. The van der Waals surface area contributed by atoms with Crippen LogP contribution in [-0.4, -0.2) is 11.6 Å². The monoisotopic (exact) mass is 268 g/mol. The highest BCUT2D eigenvalue weighted by atomic mass is 35.5. The minimum atomic E-state index is 0.309. The average Bonchev–Trinajstić information content (AvgIpc) is 2.67. The molecule has 1 heterocycles. The second-order valence-electron chi connectivity index (χ2n) is 6.00. The van der Waals surface area contributed by atoms with Gasteiger partial charge in [-0.25, -0.2) is 0 Å². The predicted molar refractivity (Wildman–Crippen MR) is 78.2 cm³/mol. The van der Waals surface area contributed by atoms with Gasteiger partial charge in [0.15, 0.2) is 0 Å². The fourth-order valence-corrected chi connectivity index (χ4v) is 4.28. The minimum Gasteiger partial charge on any atom is -0.126 e. The number of alkyl halides is 1. The molecule has 0 aliphatic carbocycles. The molecule has 1 aromatic rings. The summed E-state index contributed by atoms with van der Waals surface area (Å²) >= 11 is 8.15. The van der Waals surface area contributed by atoms with Gasteiger partial charge in [-0.3, -0.25) is 0 Å². The average molecular weight is 269 g/mol. The van der Waals surface area contributed by atoms with Gasteiger partial charge in [-0.2, -0.15) is 0 Å². The lowest BCUT2D eigenvalue weighted by molar-refractivity contribution is 0.240. The molecule has 0 fully saturated rings. The van der Waals surface area contributed by atoms with Gasteiger partial charge in [0, 0.05) is 16.5 Å². The summed E-state index contributed by atoms with van der Waals surface area (Å²) in [5, 5.41) is 0. The molecule has 2 unspecified atom stereocenters. The summed E-state index contributed by atoms with van der Waals surface area (Å²) in [4.78, 5) is 1.47. The number of hydrogen-bond acceptors (Lipinski definition) is 1. The third-order valence-electron chi connectivity index (χ3n) is 3.78. The number of thioether (sulfide) groups is 1. The van der Waals surface area contributed by atoms with Crippen molar-refractivity contribution >= 4 is 23.4 Å². The normalized spacial score (nSPS) is 21.3. The quantitative estimate of drug-likeness (QED) is 0.682. The van der Waals surface area contributed by atoms with Gasteiger partial charge in [-0.05, 0) is 35.3 Å². The minimum absolute atomic E-state index is 0.309. The lowest BCUT2D eigenvalue weighted by atomic mass is 9.76. The summed E-state index contributed by atoms with van der Waals surface area (Å²) < 4.78 is 0. The first kappa shape index (κ1) is 13.3. The van der Waals surface area contributed by atoms with Crippen LogP contribution in [0.1, 0.15) is 38.7 Å². The van der Waals surface area contributed by atoms with Crippen molar-refractivity contribution in [2.45, 2.75) is 38.0 Å². The standard InChI is InChI=1S/C15H21ClS/c1-15(2,3)12(9-16)8-11-10-17-14-7-5-4-6-13(11)14/h4-7,11-12H,8-10H2,1-3H3. The maximum Gasteiger partial charge on any atom is 0.0256 e. The molecule has 0 saturated heterocycles. The Hall–Kier alpha value is -0.140. The summed E-state index contributed by atoms with van der Waals surface area (Å²) in [6.07, 6.45) is 1.22. The van der Waals surface area contributed by atoms with Crippen LogP contribution in [0.3, 0.4) is 0 Å². The molecule has 1 aromatic carbocycles. The molecule has 2 heteroatoms. The molecular weight excluding hydrogens is 248 g/mol. The van der Waals surface area contributed by atoms with Crippen LogP contribution in [0, 0.1) is 11.3 Å². The third kappa shape index (κ3) is 3.00. The molecule has 0 N–H and O–H groups in total. The topological polar surface area (TPSA) is 0 Å². The van der Waals surface area contributed by atoms with Crippen molar-refractivity contribution in [3.63, 3.8) is 0 Å². The zero-order valence-electron chi connectivity index (χ0n) is 10.9. The van der Waals surface area contributed by atoms with Crippen LogP contribution < -0.4 is 0 Å². The van der Waals surface area contributed by atoms with Gasteiger partial charge in [0.2, 0.25) is 0 Å². The lowest BCUT2D eigenvalue weighted by Gasteiger charge is -2.31. The van der Waals surface area contributed by atoms with Crippen molar-refractivity contribution in [1.82, 2.24) is 0 Å². The molecule has 2 atom stereocenters. The summed E-state index contributed by atoms with van der Waals surface area (Å²) in [6.45, 7) is 6.90. The molecule has 94 valence electrons. The Bertz CT molecular complexity index is 381. The van der Waals surface area contributed by atoms with Gasteiger partial charge in [0.25, 0.3) is 0 Å². The van der Waals surface area contributed by atoms with E-state index in [4.69, 9.17) is 11.6 Å². The van der Waals surface area contributed by atoms with Crippen LogP contribution in [0.2, 0.25) is 0 Å². The number of fused-ring (bicyclic) bond motifs is 1. The van der Waals surface area contributed by atoms with E-state index in [2.05, 4.69) is 45.0 Å². The molecule has 0 aromatic heterocycles. The molecule has 0 spiro atoms. The van der Waals surface area contributed by atoms with Crippen LogP contribution in [0.25, 0.3) is 0 Å². The maximum atomic E-state index is 6.15. The first-order valence-corrected chi connectivity index (χ1v) is 7.82. The molecule has 17 heavy (non-hydrogen) atoms. The lowest BCUT2D eigenvalue weighted by Crippen LogP contribution is -2.24. The summed E-state index contributed by atoms with van der Waals surface area (Å²) in [6, 6.07) is 8.82. The Morgan fingerprint density at radius 3 is 2.71 bits per heavy atom. The van der Waals surface area contributed by atoms with E-state index in [9.17, 15) is 0 Å². The highest BCUT2D eigenvalue weighted by molar-refractivity contribution is 7.99. The van der Waals surface area contributed by atoms with E-state index in [0.29, 0.717) is 17.3 Å². The zero-order valence-corrected chi connectivity index (χ0v) is 12.4. The first-order valence-electron chi connectivity index (χ1n) is 6.30. The van der Waals surface area contributed by atoms with Crippen molar-refractivity contribution in [2.24, 2.45) is 11.3 Å². The molecule has 2 rings (SSSR count). The van der Waals surface area contributed by atoms with Crippen molar-refractivity contribution in [3.05, 3.63) is 29.8 Å². The SMILES string of the molecule is CC(C)(C)C(CCl)CC1CSc2ccccc21. The van der Waals surface area contributed by atoms with Crippen LogP contribution in [0.4, 0.5) is 0 Å². The molecule has 0 bridgehead atoms.